The van der Waals surface area contributed by atoms with Gasteiger partial charge in [0.15, 0.2) is 0 Å². The number of carbonyl (C=O) groups is 1. The highest BCUT2D eigenvalue weighted by Gasteiger charge is 2.42. The summed E-state index contributed by atoms with van der Waals surface area (Å²) >= 11 is 0. The molecule has 1 aromatic rings. The van der Waals surface area contributed by atoms with Gasteiger partial charge in [0, 0.05) is 18.4 Å². The van der Waals surface area contributed by atoms with Crippen molar-refractivity contribution in [3.63, 3.8) is 0 Å². The molecular formula is C15H20N2O. The quantitative estimate of drug-likeness (QED) is 0.888. The number of nitrogens with one attached hydrogen (secondary N) is 1. The first-order valence-corrected chi connectivity index (χ1v) is 6.95. The van der Waals surface area contributed by atoms with E-state index in [4.69, 9.17) is 0 Å². The standard InChI is InChI=1S/C15H20N2O/c1-10(14-8-11-4-5-12(14)7-11)17-15(18)13-3-2-6-16-9-13/h2-3,6,9-12,14H,4-5,7-8H2,1H3,(H,17,18)/t10-,11-,12-,14+/m0/s1. The van der Waals surface area contributed by atoms with E-state index in [1.165, 1.54) is 25.7 Å². The SMILES string of the molecule is C[C@H](NC(=O)c1cccnc1)[C@H]1C[C@H]2CC[C@H]1C2. The summed E-state index contributed by atoms with van der Waals surface area (Å²) in [6.07, 6.45) is 8.78. The third-order valence-electron chi connectivity index (χ3n) is 4.72. The maximum atomic E-state index is 12.1. The van der Waals surface area contributed by atoms with Gasteiger partial charge in [-0.25, -0.2) is 0 Å². The van der Waals surface area contributed by atoms with Crippen molar-refractivity contribution >= 4 is 5.91 Å². The lowest BCUT2D eigenvalue weighted by Crippen LogP contribution is -2.40. The van der Waals surface area contributed by atoms with Crippen LogP contribution in [0.3, 0.4) is 0 Å². The van der Waals surface area contributed by atoms with Crippen molar-refractivity contribution < 1.29 is 4.79 Å². The fraction of sp³-hybridized carbons (Fsp3) is 0.600. The van der Waals surface area contributed by atoms with Gasteiger partial charge >= 0.3 is 0 Å². The lowest BCUT2D eigenvalue weighted by molar-refractivity contribution is 0.0915. The topological polar surface area (TPSA) is 42.0 Å². The van der Waals surface area contributed by atoms with Gasteiger partial charge in [0.05, 0.1) is 5.56 Å². The Morgan fingerprint density at radius 2 is 2.33 bits per heavy atom. The smallest absolute Gasteiger partial charge is 0.253 e. The maximum Gasteiger partial charge on any atom is 0.253 e. The molecule has 1 heterocycles. The molecule has 2 aliphatic rings. The lowest BCUT2D eigenvalue weighted by Gasteiger charge is -2.28. The second-order valence-electron chi connectivity index (χ2n) is 5.84. The van der Waals surface area contributed by atoms with E-state index in [0.29, 0.717) is 11.5 Å². The Labute approximate surface area is 108 Å². The third-order valence-corrected chi connectivity index (χ3v) is 4.72. The zero-order valence-corrected chi connectivity index (χ0v) is 10.8. The number of fused-ring (bicyclic) bond motifs is 2. The summed E-state index contributed by atoms with van der Waals surface area (Å²) in [5.41, 5.74) is 0.660. The predicted molar refractivity (Wildman–Crippen MR) is 70.1 cm³/mol. The van der Waals surface area contributed by atoms with E-state index in [2.05, 4.69) is 17.2 Å². The van der Waals surface area contributed by atoms with Crippen LogP contribution in [0.15, 0.2) is 24.5 Å². The number of amides is 1. The van der Waals surface area contributed by atoms with Crippen LogP contribution < -0.4 is 5.32 Å². The van der Waals surface area contributed by atoms with Gasteiger partial charge in [-0.1, -0.05) is 6.42 Å². The molecule has 2 saturated carbocycles. The summed E-state index contributed by atoms with van der Waals surface area (Å²) in [5, 5.41) is 3.14. The van der Waals surface area contributed by atoms with E-state index in [0.717, 1.165) is 11.8 Å². The highest BCUT2D eigenvalue weighted by molar-refractivity contribution is 5.93. The predicted octanol–water partition coefficient (Wildman–Crippen LogP) is 2.64. The van der Waals surface area contributed by atoms with Crippen LogP contribution in [0.4, 0.5) is 0 Å². The molecule has 96 valence electrons. The minimum atomic E-state index is 0.0124. The Kier molecular flexibility index (Phi) is 3.06. The number of hydrogen-bond acceptors (Lipinski definition) is 2. The first kappa shape index (κ1) is 11.7. The molecule has 0 radical (unpaired) electrons. The first-order valence-electron chi connectivity index (χ1n) is 6.95. The van der Waals surface area contributed by atoms with E-state index in [9.17, 15) is 4.79 Å². The van der Waals surface area contributed by atoms with Gasteiger partial charge in [0.25, 0.3) is 5.91 Å². The van der Waals surface area contributed by atoms with E-state index in [-0.39, 0.29) is 11.9 Å². The Morgan fingerprint density at radius 3 is 2.94 bits per heavy atom. The zero-order chi connectivity index (χ0) is 12.5. The van der Waals surface area contributed by atoms with Crippen LogP contribution in [0, 0.1) is 17.8 Å². The fourth-order valence-corrected chi connectivity index (χ4v) is 3.80. The zero-order valence-electron chi connectivity index (χ0n) is 10.8. The summed E-state index contributed by atoms with van der Waals surface area (Å²) in [5.74, 6) is 2.47. The molecule has 0 spiro atoms. The molecule has 2 bridgehead atoms. The van der Waals surface area contributed by atoms with Crippen LogP contribution >= 0.6 is 0 Å². The Morgan fingerprint density at radius 1 is 1.44 bits per heavy atom. The highest BCUT2D eigenvalue weighted by Crippen LogP contribution is 2.49. The molecule has 3 nitrogen and oxygen atoms in total. The second kappa shape index (κ2) is 4.71. The number of carbonyl (C=O) groups excluding carboxylic acids is 1. The molecule has 1 aromatic heterocycles. The van der Waals surface area contributed by atoms with Crippen LogP contribution in [0.2, 0.25) is 0 Å². The lowest BCUT2D eigenvalue weighted by atomic mass is 9.84. The van der Waals surface area contributed by atoms with Crippen molar-refractivity contribution in [2.24, 2.45) is 17.8 Å². The Balaban J connectivity index is 1.61. The van der Waals surface area contributed by atoms with Gasteiger partial charge < -0.3 is 5.32 Å². The molecule has 1 N–H and O–H groups in total. The van der Waals surface area contributed by atoms with Crippen LogP contribution in [-0.4, -0.2) is 16.9 Å². The molecule has 3 heteroatoms. The number of pyridine rings is 1. The van der Waals surface area contributed by atoms with Gasteiger partial charge in [-0.2, -0.15) is 0 Å². The summed E-state index contributed by atoms with van der Waals surface area (Å²) in [4.78, 5) is 16.1. The van der Waals surface area contributed by atoms with Gasteiger partial charge in [-0.3, -0.25) is 9.78 Å². The highest BCUT2D eigenvalue weighted by atomic mass is 16.1. The minimum absolute atomic E-state index is 0.0124. The Bertz CT molecular complexity index is 431. The first-order chi connectivity index (χ1) is 8.74. The molecule has 1 amide bonds. The number of rotatable bonds is 3. The molecule has 3 rings (SSSR count). The number of hydrogen-bond donors (Lipinski definition) is 1. The Hall–Kier alpha value is -1.38. The summed E-state index contributed by atoms with van der Waals surface area (Å²) < 4.78 is 0. The van der Waals surface area contributed by atoms with Crippen molar-refractivity contribution in [1.82, 2.24) is 10.3 Å². The van der Waals surface area contributed by atoms with E-state index >= 15 is 0 Å². The monoisotopic (exact) mass is 244 g/mol. The molecule has 0 unspecified atom stereocenters. The maximum absolute atomic E-state index is 12.1. The fourth-order valence-electron chi connectivity index (χ4n) is 3.80. The minimum Gasteiger partial charge on any atom is -0.349 e. The van der Waals surface area contributed by atoms with E-state index in [1.54, 1.807) is 18.5 Å². The van der Waals surface area contributed by atoms with Crippen molar-refractivity contribution in [3.8, 4) is 0 Å². The summed E-state index contributed by atoms with van der Waals surface area (Å²) in [7, 11) is 0. The second-order valence-corrected chi connectivity index (χ2v) is 5.84. The molecule has 0 aliphatic heterocycles. The molecule has 2 fully saturated rings. The normalized spacial score (nSPS) is 31.3. The third kappa shape index (κ3) is 2.14. The van der Waals surface area contributed by atoms with Crippen LogP contribution in [0.5, 0.6) is 0 Å². The van der Waals surface area contributed by atoms with E-state index in [1.807, 2.05) is 6.07 Å². The van der Waals surface area contributed by atoms with Crippen molar-refractivity contribution in [2.75, 3.05) is 0 Å². The van der Waals surface area contributed by atoms with Gasteiger partial charge in [-0.15, -0.1) is 0 Å². The molecular weight excluding hydrogens is 224 g/mol. The molecule has 2 aliphatic carbocycles. The molecule has 0 aromatic carbocycles. The molecule has 0 saturated heterocycles. The van der Waals surface area contributed by atoms with Crippen LogP contribution in [-0.2, 0) is 0 Å². The largest absolute Gasteiger partial charge is 0.349 e. The van der Waals surface area contributed by atoms with Crippen molar-refractivity contribution in [1.29, 1.82) is 0 Å². The van der Waals surface area contributed by atoms with Crippen molar-refractivity contribution in [2.45, 2.75) is 38.6 Å². The molecule has 4 atom stereocenters. The van der Waals surface area contributed by atoms with Gasteiger partial charge in [0.1, 0.15) is 0 Å². The summed E-state index contributed by atoms with van der Waals surface area (Å²) in [6.45, 7) is 2.15. The van der Waals surface area contributed by atoms with Crippen LogP contribution in [0.1, 0.15) is 43.0 Å². The number of aromatic nitrogens is 1. The van der Waals surface area contributed by atoms with Crippen molar-refractivity contribution in [3.05, 3.63) is 30.1 Å². The molecule has 18 heavy (non-hydrogen) atoms. The van der Waals surface area contributed by atoms with Crippen LogP contribution in [0.25, 0.3) is 0 Å². The average Bonchev–Trinajstić information content (AvgIpc) is 3.02. The average molecular weight is 244 g/mol. The van der Waals surface area contributed by atoms with Gasteiger partial charge in [-0.05, 0) is 56.1 Å². The van der Waals surface area contributed by atoms with Gasteiger partial charge in [0.2, 0.25) is 0 Å². The van der Waals surface area contributed by atoms with E-state index < -0.39 is 0 Å². The summed E-state index contributed by atoms with van der Waals surface area (Å²) in [6, 6.07) is 3.90. The number of nitrogens with zero attached hydrogens (tertiary/aromatic N) is 1.